The number of rotatable bonds is 2. The summed E-state index contributed by atoms with van der Waals surface area (Å²) >= 11 is 0. The third-order valence-electron chi connectivity index (χ3n) is 1.91. The number of aromatic nitrogens is 2. The van der Waals surface area contributed by atoms with Crippen LogP contribution in [0, 0.1) is 0 Å². The number of nitrogens with zero attached hydrogens (tertiary/aromatic N) is 2. The van der Waals surface area contributed by atoms with Crippen molar-refractivity contribution < 1.29 is 4.79 Å². The van der Waals surface area contributed by atoms with Crippen LogP contribution in [0.1, 0.15) is 10.4 Å². The number of carbonyl (C=O) groups is 1. The van der Waals surface area contributed by atoms with Crippen molar-refractivity contribution in [3.63, 3.8) is 0 Å². The van der Waals surface area contributed by atoms with Gasteiger partial charge in [0.2, 0.25) is 0 Å². The second-order valence-corrected chi connectivity index (χ2v) is 2.81. The molecule has 0 saturated carbocycles. The van der Waals surface area contributed by atoms with Gasteiger partial charge < -0.3 is 0 Å². The van der Waals surface area contributed by atoms with E-state index in [0.29, 0.717) is 11.3 Å². The van der Waals surface area contributed by atoms with Gasteiger partial charge in [0.05, 0.1) is 11.3 Å². The maximum Gasteiger partial charge on any atom is 0.153 e. The van der Waals surface area contributed by atoms with Crippen LogP contribution in [-0.4, -0.2) is 16.3 Å². The summed E-state index contributed by atoms with van der Waals surface area (Å²) in [5, 5.41) is 0. The Labute approximate surface area is 81.5 Å². The third kappa shape index (κ3) is 1.52. The van der Waals surface area contributed by atoms with E-state index in [1.54, 1.807) is 0 Å². The van der Waals surface area contributed by atoms with Gasteiger partial charge in [0.15, 0.2) is 6.29 Å². The van der Waals surface area contributed by atoms with Gasteiger partial charge in [-0.1, -0.05) is 30.3 Å². The van der Waals surface area contributed by atoms with Crippen molar-refractivity contribution in [2.45, 2.75) is 0 Å². The monoisotopic (exact) mass is 184 g/mol. The maximum absolute atomic E-state index is 10.7. The summed E-state index contributed by atoms with van der Waals surface area (Å²) in [7, 11) is 0. The van der Waals surface area contributed by atoms with E-state index in [-0.39, 0.29) is 0 Å². The van der Waals surface area contributed by atoms with Crippen LogP contribution in [0.15, 0.2) is 42.9 Å². The fourth-order valence-corrected chi connectivity index (χ4v) is 1.26. The molecule has 0 spiro atoms. The van der Waals surface area contributed by atoms with E-state index in [0.717, 1.165) is 11.8 Å². The first-order valence-corrected chi connectivity index (χ1v) is 4.22. The van der Waals surface area contributed by atoms with E-state index in [1.165, 1.54) is 12.5 Å². The fourth-order valence-electron chi connectivity index (χ4n) is 1.26. The molecule has 0 saturated heterocycles. The van der Waals surface area contributed by atoms with E-state index in [4.69, 9.17) is 0 Å². The highest BCUT2D eigenvalue weighted by Crippen LogP contribution is 2.18. The molecule has 2 rings (SSSR count). The Hall–Kier alpha value is -2.03. The highest BCUT2D eigenvalue weighted by Gasteiger charge is 2.04. The maximum atomic E-state index is 10.7. The van der Waals surface area contributed by atoms with Crippen LogP contribution in [0.4, 0.5) is 0 Å². The molecule has 68 valence electrons. The zero-order valence-electron chi connectivity index (χ0n) is 7.42. The Morgan fingerprint density at radius 3 is 2.64 bits per heavy atom. The van der Waals surface area contributed by atoms with Crippen molar-refractivity contribution in [1.82, 2.24) is 9.97 Å². The molecule has 1 aromatic carbocycles. The summed E-state index contributed by atoms with van der Waals surface area (Å²) in [5.74, 6) is 0. The van der Waals surface area contributed by atoms with Gasteiger partial charge >= 0.3 is 0 Å². The second-order valence-electron chi connectivity index (χ2n) is 2.81. The van der Waals surface area contributed by atoms with Gasteiger partial charge in [0.25, 0.3) is 0 Å². The van der Waals surface area contributed by atoms with Crippen molar-refractivity contribution >= 4 is 6.29 Å². The normalized spacial score (nSPS) is 9.71. The van der Waals surface area contributed by atoms with Crippen LogP contribution >= 0.6 is 0 Å². The van der Waals surface area contributed by atoms with Crippen LogP contribution in [0.3, 0.4) is 0 Å². The molecule has 14 heavy (non-hydrogen) atoms. The minimum absolute atomic E-state index is 0.513. The van der Waals surface area contributed by atoms with Gasteiger partial charge in [-0.3, -0.25) is 4.79 Å². The van der Waals surface area contributed by atoms with Crippen molar-refractivity contribution in [2.75, 3.05) is 0 Å². The lowest BCUT2D eigenvalue weighted by atomic mass is 10.1. The van der Waals surface area contributed by atoms with Crippen LogP contribution in [0.25, 0.3) is 11.3 Å². The zero-order valence-corrected chi connectivity index (χ0v) is 7.42. The predicted molar refractivity (Wildman–Crippen MR) is 52.9 cm³/mol. The highest BCUT2D eigenvalue weighted by molar-refractivity contribution is 5.84. The van der Waals surface area contributed by atoms with Crippen molar-refractivity contribution in [3.05, 3.63) is 48.4 Å². The van der Waals surface area contributed by atoms with Gasteiger partial charge in [-0.2, -0.15) is 0 Å². The smallest absolute Gasteiger partial charge is 0.153 e. The molecular formula is C11H8N2O. The third-order valence-corrected chi connectivity index (χ3v) is 1.91. The molecule has 1 aromatic heterocycles. The summed E-state index contributed by atoms with van der Waals surface area (Å²) in [6.07, 6.45) is 3.72. The van der Waals surface area contributed by atoms with Gasteiger partial charge in [0.1, 0.15) is 6.33 Å². The van der Waals surface area contributed by atoms with E-state index >= 15 is 0 Å². The quantitative estimate of drug-likeness (QED) is 0.670. The van der Waals surface area contributed by atoms with Crippen molar-refractivity contribution in [3.8, 4) is 11.3 Å². The Kier molecular flexibility index (Phi) is 2.32. The number of aldehydes is 1. The first kappa shape index (κ1) is 8.56. The lowest BCUT2D eigenvalue weighted by Gasteiger charge is -2.01. The topological polar surface area (TPSA) is 42.9 Å². The molecule has 1 heterocycles. The molecule has 0 unspecified atom stereocenters. The summed E-state index contributed by atoms with van der Waals surface area (Å²) in [6, 6.07) is 9.56. The largest absolute Gasteiger partial charge is 0.298 e. The Bertz CT molecular complexity index is 440. The Balaban J connectivity index is 2.57. The number of hydrogen-bond acceptors (Lipinski definition) is 3. The van der Waals surface area contributed by atoms with E-state index in [1.807, 2.05) is 30.3 Å². The lowest BCUT2D eigenvalue weighted by molar-refractivity contribution is 0.112. The van der Waals surface area contributed by atoms with E-state index in [9.17, 15) is 4.79 Å². The summed E-state index contributed by atoms with van der Waals surface area (Å²) in [4.78, 5) is 18.6. The molecule has 3 heteroatoms. The molecule has 3 nitrogen and oxygen atoms in total. The lowest BCUT2D eigenvalue weighted by Crippen LogP contribution is -1.92. The molecule has 2 aromatic rings. The minimum atomic E-state index is 0.513. The summed E-state index contributed by atoms with van der Waals surface area (Å²) < 4.78 is 0. The molecule has 0 bridgehead atoms. The van der Waals surface area contributed by atoms with Crippen LogP contribution in [0.2, 0.25) is 0 Å². The average molecular weight is 184 g/mol. The second kappa shape index (κ2) is 3.79. The summed E-state index contributed by atoms with van der Waals surface area (Å²) in [5.41, 5.74) is 2.12. The molecule has 0 N–H and O–H groups in total. The van der Waals surface area contributed by atoms with Crippen LogP contribution in [-0.2, 0) is 0 Å². The molecule has 0 radical (unpaired) electrons. The minimum Gasteiger partial charge on any atom is -0.298 e. The Morgan fingerprint density at radius 2 is 1.93 bits per heavy atom. The van der Waals surface area contributed by atoms with Crippen molar-refractivity contribution in [2.24, 2.45) is 0 Å². The average Bonchev–Trinajstić information content (AvgIpc) is 2.30. The zero-order chi connectivity index (χ0) is 9.80. The highest BCUT2D eigenvalue weighted by atomic mass is 16.1. The van der Waals surface area contributed by atoms with Crippen LogP contribution < -0.4 is 0 Å². The molecule has 0 fully saturated rings. The van der Waals surface area contributed by atoms with Crippen LogP contribution in [0.5, 0.6) is 0 Å². The first-order chi connectivity index (χ1) is 6.92. The van der Waals surface area contributed by atoms with Gasteiger partial charge in [-0.25, -0.2) is 9.97 Å². The molecular weight excluding hydrogens is 176 g/mol. The number of benzene rings is 1. The number of carbonyl (C=O) groups excluding carboxylic acids is 1. The van der Waals surface area contributed by atoms with Gasteiger partial charge in [-0.05, 0) is 0 Å². The predicted octanol–water partition coefficient (Wildman–Crippen LogP) is 1.96. The van der Waals surface area contributed by atoms with Crippen molar-refractivity contribution in [1.29, 1.82) is 0 Å². The standard InChI is InChI=1S/C11H8N2O/c14-7-10-6-12-8-13-11(10)9-4-2-1-3-5-9/h1-8H. The molecule has 0 aliphatic rings. The SMILES string of the molecule is O=Cc1cncnc1-c1ccccc1. The fraction of sp³-hybridized carbons (Fsp3) is 0. The van der Waals surface area contributed by atoms with Gasteiger partial charge in [0, 0.05) is 11.8 Å². The molecule has 0 aliphatic heterocycles. The summed E-state index contributed by atoms with van der Waals surface area (Å²) in [6.45, 7) is 0. The van der Waals surface area contributed by atoms with Gasteiger partial charge in [-0.15, -0.1) is 0 Å². The molecule has 0 atom stereocenters. The Morgan fingerprint density at radius 1 is 1.14 bits per heavy atom. The first-order valence-electron chi connectivity index (χ1n) is 4.22. The molecule has 0 amide bonds. The van der Waals surface area contributed by atoms with E-state index < -0.39 is 0 Å². The van der Waals surface area contributed by atoms with E-state index in [2.05, 4.69) is 9.97 Å². The molecule has 0 aliphatic carbocycles. The number of hydrogen-bond donors (Lipinski definition) is 0.